The van der Waals surface area contributed by atoms with Crippen LogP contribution in [-0.2, 0) is 0 Å². The highest BCUT2D eigenvalue weighted by Crippen LogP contribution is 2.25. The summed E-state index contributed by atoms with van der Waals surface area (Å²) in [6, 6.07) is 1.69. The topological polar surface area (TPSA) is 15.3 Å². The molecule has 2 atom stereocenters. The molecular weight excluding hydrogens is 136 g/mol. The lowest BCUT2D eigenvalue weighted by Gasteiger charge is -2.37. The van der Waals surface area contributed by atoms with Gasteiger partial charge >= 0.3 is 0 Å². The van der Waals surface area contributed by atoms with Gasteiger partial charge in [-0.1, -0.05) is 13.3 Å². The van der Waals surface area contributed by atoms with Gasteiger partial charge in [0.1, 0.15) is 0 Å². The Hall–Kier alpha value is -0.0800. The second-order valence-corrected chi connectivity index (χ2v) is 3.69. The van der Waals surface area contributed by atoms with E-state index in [4.69, 9.17) is 0 Å². The fourth-order valence-corrected chi connectivity index (χ4v) is 2.57. The maximum atomic E-state index is 3.60. The van der Waals surface area contributed by atoms with Gasteiger partial charge in [-0.3, -0.25) is 4.90 Å². The molecule has 2 nitrogen and oxygen atoms in total. The molecule has 1 saturated carbocycles. The number of nitrogens with one attached hydrogen (secondary N) is 1. The molecule has 0 radical (unpaired) electrons. The van der Waals surface area contributed by atoms with E-state index in [-0.39, 0.29) is 1.43 Å². The van der Waals surface area contributed by atoms with Crippen molar-refractivity contribution in [2.75, 3.05) is 19.6 Å². The Bertz CT molecular complexity index is 140. The van der Waals surface area contributed by atoms with Gasteiger partial charge in [0.15, 0.2) is 0 Å². The van der Waals surface area contributed by atoms with Crippen molar-refractivity contribution in [3.8, 4) is 0 Å². The summed E-state index contributed by atoms with van der Waals surface area (Å²) in [5.74, 6) is 0. The molecule has 66 valence electrons. The van der Waals surface area contributed by atoms with Crippen molar-refractivity contribution in [2.45, 2.75) is 38.3 Å². The van der Waals surface area contributed by atoms with Crippen LogP contribution in [0.5, 0.6) is 0 Å². The number of likely N-dealkylation sites (N-methyl/N-ethyl adjacent to an activating group) is 1. The van der Waals surface area contributed by atoms with E-state index in [1.54, 1.807) is 0 Å². The van der Waals surface area contributed by atoms with Gasteiger partial charge in [-0.15, -0.1) is 0 Å². The van der Waals surface area contributed by atoms with Gasteiger partial charge in [-0.05, 0) is 19.4 Å². The second kappa shape index (κ2) is 3.11. The van der Waals surface area contributed by atoms with Crippen LogP contribution in [-0.4, -0.2) is 36.6 Å². The average Bonchev–Trinajstić information content (AvgIpc) is 2.50. The van der Waals surface area contributed by atoms with Gasteiger partial charge in [-0.25, -0.2) is 0 Å². The summed E-state index contributed by atoms with van der Waals surface area (Å²) in [7, 11) is 0. The fourth-order valence-electron chi connectivity index (χ4n) is 2.57. The lowest BCUT2D eigenvalue weighted by molar-refractivity contribution is 0.144. The first kappa shape index (κ1) is 7.56. The van der Waals surface area contributed by atoms with Crippen LogP contribution in [0.1, 0.15) is 27.6 Å². The van der Waals surface area contributed by atoms with Crippen LogP contribution >= 0.6 is 0 Å². The number of hydrogen-bond donors (Lipinski definition) is 1. The van der Waals surface area contributed by atoms with Crippen molar-refractivity contribution in [1.82, 2.24) is 10.2 Å². The number of fused-ring (bicyclic) bond motifs is 1. The second-order valence-electron chi connectivity index (χ2n) is 3.69. The molecule has 1 aliphatic carbocycles. The molecule has 0 aromatic carbocycles. The monoisotopic (exact) mass is 156 g/mol. The third-order valence-corrected chi connectivity index (χ3v) is 3.16. The molecule has 1 N–H and O–H groups in total. The van der Waals surface area contributed by atoms with Crippen LogP contribution < -0.4 is 5.32 Å². The Morgan fingerprint density at radius 2 is 2.45 bits per heavy atom. The molecular formula is C9H20N2. The lowest BCUT2D eigenvalue weighted by atomic mass is 10.1. The Kier molecular flexibility index (Phi) is 2.14. The molecule has 0 aromatic rings. The summed E-state index contributed by atoms with van der Waals surface area (Å²) in [4.78, 5) is 2.63. The SMILES string of the molecule is CCN1CCN[C@H]2CCC[C@H]21.[HH]. The van der Waals surface area contributed by atoms with Gasteiger partial charge in [0, 0.05) is 26.6 Å². The average molecular weight is 156 g/mol. The zero-order valence-corrected chi connectivity index (χ0v) is 7.34. The minimum atomic E-state index is 0. The predicted molar refractivity (Wildman–Crippen MR) is 48.8 cm³/mol. The van der Waals surface area contributed by atoms with Gasteiger partial charge in [0.2, 0.25) is 0 Å². The summed E-state index contributed by atoms with van der Waals surface area (Å²) in [6.45, 7) is 5.98. The molecule has 2 fully saturated rings. The molecule has 1 saturated heterocycles. The molecule has 2 heteroatoms. The zero-order chi connectivity index (χ0) is 7.68. The van der Waals surface area contributed by atoms with Gasteiger partial charge in [0.05, 0.1) is 0 Å². The Morgan fingerprint density at radius 1 is 1.55 bits per heavy atom. The molecule has 2 aliphatic rings. The van der Waals surface area contributed by atoms with Crippen molar-refractivity contribution < 1.29 is 1.43 Å². The standard InChI is InChI=1S/C9H18N2.H2/c1-2-11-7-6-10-8-4-3-5-9(8)11;/h8-10H,2-7H2,1H3;1H/t8-,9+;/m0./s1. The summed E-state index contributed by atoms with van der Waals surface area (Å²) >= 11 is 0. The summed E-state index contributed by atoms with van der Waals surface area (Å²) in [5.41, 5.74) is 0. The van der Waals surface area contributed by atoms with Crippen molar-refractivity contribution in [1.29, 1.82) is 0 Å². The quantitative estimate of drug-likeness (QED) is 0.611. The van der Waals surface area contributed by atoms with Crippen LogP contribution in [0.2, 0.25) is 0 Å². The molecule has 0 bridgehead atoms. The van der Waals surface area contributed by atoms with Crippen LogP contribution in [0.25, 0.3) is 0 Å². The Morgan fingerprint density at radius 3 is 3.27 bits per heavy atom. The van der Waals surface area contributed by atoms with Gasteiger partial charge < -0.3 is 5.32 Å². The minimum Gasteiger partial charge on any atom is -0.311 e. The molecule has 0 aromatic heterocycles. The number of hydrogen-bond acceptors (Lipinski definition) is 2. The molecule has 2 rings (SSSR count). The first-order chi connectivity index (χ1) is 5.42. The Balaban J connectivity index is 0.000000720. The number of rotatable bonds is 1. The smallest absolute Gasteiger partial charge is 0.0249 e. The van der Waals surface area contributed by atoms with Gasteiger partial charge in [-0.2, -0.15) is 0 Å². The van der Waals surface area contributed by atoms with Crippen molar-refractivity contribution in [2.24, 2.45) is 0 Å². The van der Waals surface area contributed by atoms with E-state index in [0.717, 1.165) is 12.1 Å². The van der Waals surface area contributed by atoms with Gasteiger partial charge in [0.25, 0.3) is 0 Å². The Labute approximate surface area is 70.4 Å². The molecule has 1 aliphatic heterocycles. The van der Waals surface area contributed by atoms with E-state index in [1.807, 2.05) is 0 Å². The molecule has 11 heavy (non-hydrogen) atoms. The van der Waals surface area contributed by atoms with Crippen LogP contribution in [0.3, 0.4) is 0 Å². The molecule has 0 spiro atoms. The van der Waals surface area contributed by atoms with E-state index >= 15 is 0 Å². The van der Waals surface area contributed by atoms with Crippen molar-refractivity contribution in [3.63, 3.8) is 0 Å². The molecule has 0 unspecified atom stereocenters. The summed E-state index contributed by atoms with van der Waals surface area (Å²) in [6.07, 6.45) is 4.26. The number of piperazine rings is 1. The summed E-state index contributed by atoms with van der Waals surface area (Å²) < 4.78 is 0. The minimum absolute atomic E-state index is 0. The lowest BCUT2D eigenvalue weighted by Crippen LogP contribution is -2.55. The zero-order valence-electron chi connectivity index (χ0n) is 7.34. The van der Waals surface area contributed by atoms with Crippen molar-refractivity contribution >= 4 is 0 Å². The van der Waals surface area contributed by atoms with Crippen LogP contribution in [0, 0.1) is 0 Å². The first-order valence-corrected chi connectivity index (χ1v) is 4.89. The van der Waals surface area contributed by atoms with Crippen molar-refractivity contribution in [3.05, 3.63) is 0 Å². The van der Waals surface area contributed by atoms with E-state index in [1.165, 1.54) is 38.9 Å². The maximum Gasteiger partial charge on any atom is 0.0249 e. The number of nitrogens with zero attached hydrogens (tertiary/aromatic N) is 1. The highest BCUT2D eigenvalue weighted by Gasteiger charge is 2.33. The van der Waals surface area contributed by atoms with E-state index in [2.05, 4.69) is 17.1 Å². The highest BCUT2D eigenvalue weighted by molar-refractivity contribution is 4.93. The fraction of sp³-hybridized carbons (Fsp3) is 1.00. The van der Waals surface area contributed by atoms with E-state index < -0.39 is 0 Å². The van der Waals surface area contributed by atoms with E-state index in [9.17, 15) is 0 Å². The third-order valence-electron chi connectivity index (χ3n) is 3.16. The molecule has 0 amide bonds. The van der Waals surface area contributed by atoms with Crippen LogP contribution in [0.4, 0.5) is 0 Å². The molecule has 1 heterocycles. The predicted octanol–water partition coefficient (Wildman–Crippen LogP) is 1.08. The van der Waals surface area contributed by atoms with Crippen LogP contribution in [0.15, 0.2) is 0 Å². The summed E-state index contributed by atoms with van der Waals surface area (Å²) in [5, 5.41) is 3.60. The highest BCUT2D eigenvalue weighted by atomic mass is 15.2. The maximum absolute atomic E-state index is 3.60. The van der Waals surface area contributed by atoms with E-state index in [0.29, 0.717) is 0 Å². The largest absolute Gasteiger partial charge is 0.311 e. The first-order valence-electron chi connectivity index (χ1n) is 4.89. The third kappa shape index (κ3) is 1.30. The normalized spacial score (nSPS) is 39.0.